The molecule has 5 atom stereocenters. The number of carboxylic acid groups (broad SMARTS) is 5. The molecule has 6 amide bonds. The minimum Gasteiger partial charge on any atom is -0.481 e. The Hall–Kier alpha value is -8.24. The van der Waals surface area contributed by atoms with Gasteiger partial charge >= 0.3 is 35.9 Å². The molecule has 0 saturated carbocycles. The van der Waals surface area contributed by atoms with Crippen molar-refractivity contribution in [3.8, 4) is 0 Å². The van der Waals surface area contributed by atoms with E-state index in [0.29, 0.717) is 5.56 Å². The van der Waals surface area contributed by atoms with Crippen LogP contribution in [0.2, 0.25) is 0 Å². The fourth-order valence-electron chi connectivity index (χ4n) is 7.53. The van der Waals surface area contributed by atoms with Gasteiger partial charge in [-0.1, -0.05) is 79.4 Å². The minimum atomic E-state index is -1.57. The lowest BCUT2D eigenvalue weighted by molar-refractivity contribution is -0.141. The van der Waals surface area contributed by atoms with Crippen LogP contribution in [-0.4, -0.2) is 133 Å². The third kappa shape index (κ3) is 23.8. The summed E-state index contributed by atoms with van der Waals surface area (Å²) in [4.78, 5) is 141. The van der Waals surface area contributed by atoms with Gasteiger partial charge in [0.05, 0.1) is 6.04 Å². The number of fused-ring (bicyclic) bond motifs is 1. The van der Waals surface area contributed by atoms with E-state index in [9.17, 15) is 73.2 Å². The van der Waals surface area contributed by atoms with E-state index in [2.05, 4.69) is 55.6 Å². The number of Topliss-reactive ketones (excluding diaryl/α,β-unsaturated/α-hetero) is 1. The van der Waals surface area contributed by atoms with Crippen molar-refractivity contribution in [3.63, 3.8) is 0 Å². The van der Waals surface area contributed by atoms with E-state index in [4.69, 9.17) is 5.11 Å². The first-order chi connectivity index (χ1) is 37.1. The Morgan fingerprint density at radius 2 is 1.15 bits per heavy atom. The summed E-state index contributed by atoms with van der Waals surface area (Å²) < 4.78 is 0. The number of unbranched alkanes of at least 4 members (excludes halogenated alkanes) is 1. The highest BCUT2D eigenvalue weighted by atomic mass is 32.4. The Balaban J connectivity index is 0.00000386. The molecule has 11 N–H and O–H groups in total. The molecule has 0 radical (unpaired) electrons. The van der Waals surface area contributed by atoms with Crippen molar-refractivity contribution in [3.05, 3.63) is 113 Å². The van der Waals surface area contributed by atoms with Crippen molar-refractivity contribution in [1.82, 2.24) is 36.9 Å². The summed E-state index contributed by atoms with van der Waals surface area (Å²) >= 11 is 4.53. The van der Waals surface area contributed by atoms with E-state index in [1.165, 1.54) is 36.5 Å². The van der Waals surface area contributed by atoms with Crippen LogP contribution >= 0.6 is 7.36 Å². The van der Waals surface area contributed by atoms with Crippen LogP contribution in [0.5, 0.6) is 0 Å². The Kier molecular flexibility index (Phi) is 27.7. The summed E-state index contributed by atoms with van der Waals surface area (Å²) in [6, 6.07) is 15.6. The number of urea groups is 1. The highest BCUT2D eigenvalue weighted by Gasteiger charge is 2.30. The third-order valence-corrected chi connectivity index (χ3v) is 12.8. The third-order valence-electron chi connectivity index (χ3n) is 11.8. The fraction of sp³-hybridized carbons (Fsp3) is 0.396. The van der Waals surface area contributed by atoms with Gasteiger partial charge < -0.3 is 57.4 Å². The van der Waals surface area contributed by atoms with Crippen LogP contribution < -0.4 is 31.9 Å². The van der Waals surface area contributed by atoms with Crippen LogP contribution in [0.3, 0.4) is 0 Å². The highest BCUT2D eigenvalue weighted by Crippen LogP contribution is 2.19. The van der Waals surface area contributed by atoms with Gasteiger partial charge in [-0.25, -0.2) is 14.4 Å². The smallest absolute Gasteiger partial charge is 0.326 e. The Bertz CT molecular complexity index is 2760. The molecular formula is C53H64N7O16PS. The average Bonchev–Trinajstić information content (AvgIpc) is 3.40. The molecule has 23 nitrogen and oxygen atoms in total. The first-order valence-electron chi connectivity index (χ1n) is 24.8. The lowest BCUT2D eigenvalue weighted by Crippen LogP contribution is -2.51. The number of rotatable bonds is 32. The number of nitrogens with zero attached hydrogens (tertiary/aromatic N) is 1. The van der Waals surface area contributed by atoms with Gasteiger partial charge in [-0.15, -0.1) is 0 Å². The number of hydrogen-bond donors (Lipinski definition) is 11. The number of ketones is 1. The molecule has 78 heavy (non-hydrogen) atoms. The van der Waals surface area contributed by atoms with Gasteiger partial charge in [0, 0.05) is 62.9 Å². The summed E-state index contributed by atoms with van der Waals surface area (Å²) in [7, 11) is 1.08. The molecule has 4 rings (SSSR count). The molecule has 25 heteroatoms. The van der Waals surface area contributed by atoms with Gasteiger partial charge in [-0.05, 0) is 105 Å². The van der Waals surface area contributed by atoms with E-state index in [0.717, 1.165) is 35.4 Å². The van der Waals surface area contributed by atoms with Crippen molar-refractivity contribution in [2.45, 2.75) is 115 Å². The number of nitrogens with one attached hydrogen (secondary N) is 6. The molecule has 0 saturated heterocycles. The Morgan fingerprint density at radius 3 is 1.73 bits per heavy atom. The molecule has 418 valence electrons. The van der Waals surface area contributed by atoms with Crippen molar-refractivity contribution in [2.24, 2.45) is 5.92 Å². The minimum absolute atomic E-state index is 0.0224. The maximum atomic E-state index is 13.7. The fourth-order valence-corrected chi connectivity index (χ4v) is 7.53. The second-order valence-electron chi connectivity index (χ2n) is 17.9. The molecule has 0 spiro atoms. The van der Waals surface area contributed by atoms with Crippen molar-refractivity contribution >= 4 is 95.2 Å². The quantitative estimate of drug-likeness (QED) is 0.0239. The zero-order valence-corrected chi connectivity index (χ0v) is 44.6. The van der Waals surface area contributed by atoms with Crippen LogP contribution in [0.25, 0.3) is 10.8 Å². The van der Waals surface area contributed by atoms with E-state index >= 15 is 0 Å². The molecule has 4 aromatic rings. The van der Waals surface area contributed by atoms with Crippen LogP contribution in [0, 0.1) is 12.8 Å². The highest BCUT2D eigenvalue weighted by molar-refractivity contribution is 7.96. The van der Waals surface area contributed by atoms with Crippen molar-refractivity contribution < 1.29 is 78.3 Å². The molecule has 1 unspecified atom stereocenters. The Morgan fingerprint density at radius 1 is 0.590 bits per heavy atom. The van der Waals surface area contributed by atoms with Crippen LogP contribution in [-0.2, 0) is 63.1 Å². The van der Waals surface area contributed by atoms with Crippen LogP contribution in [0.15, 0.2) is 85.1 Å². The van der Waals surface area contributed by atoms with E-state index < -0.39 is 127 Å². The summed E-state index contributed by atoms with van der Waals surface area (Å²) in [6.45, 7) is 3.75. The van der Waals surface area contributed by atoms with Gasteiger partial charge in [-0.2, -0.15) is 0 Å². The number of aryl methyl sites for hydroxylation is 1. The van der Waals surface area contributed by atoms with Gasteiger partial charge in [-0.3, -0.25) is 43.3 Å². The van der Waals surface area contributed by atoms with Gasteiger partial charge in [0.2, 0.25) is 11.8 Å². The number of carbonyl (C=O) groups excluding carboxylic acids is 6. The largest absolute Gasteiger partial charge is 0.481 e. The molecule has 1 aromatic heterocycles. The number of hydrogen-bond acceptors (Lipinski definition) is 13. The molecule has 0 bridgehead atoms. The predicted octanol–water partition coefficient (Wildman–Crippen LogP) is 4.38. The lowest BCUT2D eigenvalue weighted by atomic mass is 9.91. The summed E-state index contributed by atoms with van der Waals surface area (Å²) in [5, 5.41) is 63.3. The van der Waals surface area contributed by atoms with E-state index in [1.54, 1.807) is 13.0 Å². The van der Waals surface area contributed by atoms with Gasteiger partial charge in [0.1, 0.15) is 23.8 Å². The van der Waals surface area contributed by atoms with Gasteiger partial charge in [0.25, 0.3) is 11.8 Å². The van der Waals surface area contributed by atoms with E-state index in [-0.39, 0.29) is 62.9 Å². The number of pyridine rings is 1. The van der Waals surface area contributed by atoms with E-state index in [1.807, 2.05) is 42.5 Å². The van der Waals surface area contributed by atoms with Crippen molar-refractivity contribution in [1.29, 1.82) is 0 Å². The first-order valence-corrected chi connectivity index (χ1v) is 26.9. The molecule has 0 aliphatic rings. The lowest BCUT2D eigenvalue weighted by Gasteiger charge is -2.21. The molecular weight excluding hydrogens is 1050 g/mol. The molecule has 0 fully saturated rings. The number of aliphatic carboxylic acids is 5. The number of carboxylic acids is 5. The standard InChI is InChI=1S/C51H59N7O16.C2H5PS/c1-29-9-17-37(53-27-29)48(69)55-36(18-21-43(62)63)41(59)26-35(16-20-42(60)61)45(66)54-28-30-10-14-33(15-11-30)46(67)56-40(25-31-12-13-32-6-2-3-7-34(32)24-31)47(68)52-23-5-4-8-38(49(70)71)57-51(74)58-39(50(72)73)19-22-44(64)65;1-2-3-4/h2-3,6-7,9-15,17,24,27,35-36,38-40H,4-5,8,16,18-23,25-26,28H2,1H3,(H,52,68)(H,54,66)(H,55,69)(H,56,67)(H,60,61)(H,62,63)(H,64,65)(H,70,71)(H,72,73)(H2,57,58,74);2H2,1H3/t35-,36+,38+,39+,40?;/m1./s1. The Labute approximate surface area is 455 Å². The zero-order chi connectivity index (χ0) is 57.7. The zero-order valence-electron chi connectivity index (χ0n) is 42.9. The van der Waals surface area contributed by atoms with Crippen LogP contribution in [0.4, 0.5) is 4.79 Å². The van der Waals surface area contributed by atoms with Gasteiger partial charge in [0.15, 0.2) is 5.78 Å². The monoisotopic (exact) mass is 1120 g/mol. The number of carbonyl (C=O) groups is 11. The molecule has 3 aromatic carbocycles. The topological polar surface area (TPSA) is 374 Å². The normalized spacial score (nSPS) is 12.6. The second-order valence-corrected chi connectivity index (χ2v) is 19.5. The maximum absolute atomic E-state index is 13.7. The average molecular weight is 1120 g/mol. The number of aromatic nitrogens is 1. The molecule has 0 aliphatic heterocycles. The molecule has 0 aliphatic carbocycles. The summed E-state index contributed by atoms with van der Waals surface area (Å²) in [6.07, 6.45) is -0.0828. The summed E-state index contributed by atoms with van der Waals surface area (Å²) in [5.74, 6) is -11.1. The second kappa shape index (κ2) is 33.7. The predicted molar refractivity (Wildman–Crippen MR) is 287 cm³/mol. The van der Waals surface area contributed by atoms with Crippen molar-refractivity contribution in [2.75, 3.05) is 12.7 Å². The number of benzene rings is 3. The SMILES string of the molecule is CCP=S.Cc1ccc(C(=O)N[C@@H](CCC(=O)O)C(=O)C[C@@H](CCC(=O)O)C(=O)NCc2ccc(C(=O)NC(Cc3ccc4ccccc4c3)C(=O)NCCCC[C@H](NC(=O)N[C@@H](CCC(=O)O)C(=O)O)C(=O)O)cc2)nc1. The molecule has 1 heterocycles. The number of amides is 6. The van der Waals surface area contributed by atoms with Crippen LogP contribution in [0.1, 0.15) is 109 Å². The summed E-state index contributed by atoms with van der Waals surface area (Å²) in [5.41, 5.74) is 2.12. The first kappa shape index (κ1) is 64.0. The maximum Gasteiger partial charge on any atom is 0.326 e.